The molecule has 0 aromatic heterocycles. The van der Waals surface area contributed by atoms with Gasteiger partial charge in [-0.2, -0.15) is 0 Å². The first-order chi connectivity index (χ1) is 9.60. The topological polar surface area (TPSA) is 43.1 Å². The molecule has 0 heterocycles. The maximum atomic E-state index is 12.9. The number of hydrogen-bond donors (Lipinski definition) is 1. The molecule has 0 aliphatic rings. The van der Waals surface area contributed by atoms with E-state index >= 15 is 0 Å². The third kappa shape index (κ3) is 3.48. The Bertz CT molecular complexity index is 633. The van der Waals surface area contributed by atoms with E-state index in [1.165, 1.54) is 12.1 Å². The fourth-order valence-corrected chi connectivity index (χ4v) is 2.20. The lowest BCUT2D eigenvalue weighted by molar-refractivity contribution is -0.112. The van der Waals surface area contributed by atoms with Gasteiger partial charge in [0.25, 0.3) is 0 Å². The van der Waals surface area contributed by atoms with E-state index in [-0.39, 0.29) is 5.82 Å². The van der Waals surface area contributed by atoms with E-state index in [4.69, 9.17) is 5.73 Å². The normalized spacial score (nSPS) is 11.4. The van der Waals surface area contributed by atoms with Crippen molar-refractivity contribution in [2.24, 2.45) is 5.73 Å². The fraction of sp³-hybridized carbons (Fsp3) is 0.0625. The summed E-state index contributed by atoms with van der Waals surface area (Å²) >= 11 is 1.65. The van der Waals surface area contributed by atoms with Crippen molar-refractivity contribution in [3.63, 3.8) is 0 Å². The van der Waals surface area contributed by atoms with Gasteiger partial charge in [0.1, 0.15) is 5.82 Å². The van der Waals surface area contributed by atoms with Gasteiger partial charge in [0.05, 0.1) is 0 Å². The molecule has 2 rings (SSSR count). The molecule has 0 bridgehead atoms. The number of carbonyl (C=O) groups excluding carboxylic acids is 1. The molecular weight excluding hydrogens is 273 g/mol. The van der Waals surface area contributed by atoms with Gasteiger partial charge in [-0.05, 0) is 47.7 Å². The van der Waals surface area contributed by atoms with Gasteiger partial charge in [0.2, 0.25) is 5.91 Å². The molecule has 0 unspecified atom stereocenters. The zero-order chi connectivity index (χ0) is 14.5. The zero-order valence-electron chi connectivity index (χ0n) is 11.0. The molecule has 102 valence electrons. The van der Waals surface area contributed by atoms with E-state index in [0.29, 0.717) is 11.1 Å². The van der Waals surface area contributed by atoms with Crippen LogP contribution in [0.1, 0.15) is 11.1 Å². The fourth-order valence-electron chi connectivity index (χ4n) is 1.79. The van der Waals surface area contributed by atoms with Crippen molar-refractivity contribution in [2.45, 2.75) is 4.90 Å². The lowest BCUT2D eigenvalue weighted by atomic mass is 10.0. The molecule has 2 nitrogen and oxygen atoms in total. The van der Waals surface area contributed by atoms with Crippen LogP contribution in [0.3, 0.4) is 0 Å². The maximum absolute atomic E-state index is 12.9. The Hall–Kier alpha value is -2.07. The van der Waals surface area contributed by atoms with Crippen LogP contribution in [-0.4, -0.2) is 12.2 Å². The van der Waals surface area contributed by atoms with Crippen molar-refractivity contribution in [2.75, 3.05) is 6.26 Å². The van der Waals surface area contributed by atoms with Crippen LogP contribution >= 0.6 is 11.8 Å². The van der Waals surface area contributed by atoms with Gasteiger partial charge in [-0.15, -0.1) is 11.8 Å². The minimum atomic E-state index is -0.537. The van der Waals surface area contributed by atoms with Gasteiger partial charge >= 0.3 is 0 Å². The minimum absolute atomic E-state index is 0.345. The number of benzene rings is 2. The molecule has 2 N–H and O–H groups in total. The van der Waals surface area contributed by atoms with Gasteiger partial charge in [-0.25, -0.2) is 4.39 Å². The first-order valence-electron chi connectivity index (χ1n) is 6.01. The number of carbonyl (C=O) groups is 1. The summed E-state index contributed by atoms with van der Waals surface area (Å²) in [4.78, 5) is 12.7. The molecule has 0 saturated carbocycles. The Labute approximate surface area is 121 Å². The maximum Gasteiger partial charge on any atom is 0.249 e. The average Bonchev–Trinajstić information content (AvgIpc) is 2.46. The highest BCUT2D eigenvalue weighted by atomic mass is 32.2. The summed E-state index contributed by atoms with van der Waals surface area (Å²) in [6.07, 6.45) is 3.71. The quantitative estimate of drug-likeness (QED) is 0.530. The van der Waals surface area contributed by atoms with E-state index in [1.54, 1.807) is 30.0 Å². The minimum Gasteiger partial charge on any atom is -0.366 e. The van der Waals surface area contributed by atoms with E-state index in [2.05, 4.69) is 0 Å². The number of thioether (sulfide) groups is 1. The Morgan fingerprint density at radius 2 is 1.70 bits per heavy atom. The first kappa shape index (κ1) is 14.3. The SMILES string of the molecule is CSc1ccc(C=C(C(N)=O)c2ccc(F)cc2)cc1. The predicted molar refractivity (Wildman–Crippen MR) is 81.7 cm³/mol. The largest absolute Gasteiger partial charge is 0.366 e. The van der Waals surface area contributed by atoms with Crippen LogP contribution in [0.4, 0.5) is 4.39 Å². The molecule has 0 atom stereocenters. The average molecular weight is 287 g/mol. The van der Waals surface area contributed by atoms with Crippen LogP contribution in [-0.2, 0) is 4.79 Å². The molecule has 0 spiro atoms. The Morgan fingerprint density at radius 1 is 1.10 bits per heavy atom. The van der Waals surface area contributed by atoms with Crippen LogP contribution in [0.15, 0.2) is 53.4 Å². The predicted octanol–water partition coefficient (Wildman–Crippen LogP) is 3.57. The summed E-state index contributed by atoms with van der Waals surface area (Å²) < 4.78 is 12.9. The summed E-state index contributed by atoms with van der Waals surface area (Å²) in [6.45, 7) is 0. The highest BCUT2D eigenvalue weighted by Crippen LogP contribution is 2.21. The molecule has 4 heteroatoms. The van der Waals surface area contributed by atoms with Gasteiger partial charge in [-0.1, -0.05) is 24.3 Å². The van der Waals surface area contributed by atoms with Crippen LogP contribution in [0, 0.1) is 5.82 Å². The van der Waals surface area contributed by atoms with Crippen LogP contribution in [0.5, 0.6) is 0 Å². The van der Waals surface area contributed by atoms with Crippen molar-refractivity contribution in [1.82, 2.24) is 0 Å². The van der Waals surface area contributed by atoms with Crippen LogP contribution in [0.25, 0.3) is 11.6 Å². The summed E-state index contributed by atoms with van der Waals surface area (Å²) in [5.41, 5.74) is 7.25. The summed E-state index contributed by atoms with van der Waals surface area (Å²) in [7, 11) is 0. The summed E-state index contributed by atoms with van der Waals surface area (Å²) in [5, 5.41) is 0. The monoisotopic (exact) mass is 287 g/mol. The standard InChI is InChI=1S/C16H14FNOS/c1-20-14-8-2-11(3-9-14)10-15(16(18)19)12-4-6-13(17)7-5-12/h2-10H,1H3,(H2,18,19). The summed E-state index contributed by atoms with van der Waals surface area (Å²) in [5.74, 6) is -0.882. The number of halogens is 1. The molecule has 20 heavy (non-hydrogen) atoms. The number of rotatable bonds is 4. The van der Waals surface area contributed by atoms with Gasteiger partial charge in [-0.3, -0.25) is 4.79 Å². The molecular formula is C16H14FNOS. The number of primary amides is 1. The van der Waals surface area contributed by atoms with Crippen LogP contribution < -0.4 is 5.73 Å². The highest BCUT2D eigenvalue weighted by molar-refractivity contribution is 7.98. The van der Waals surface area contributed by atoms with Crippen molar-refractivity contribution in [1.29, 1.82) is 0 Å². The van der Waals surface area contributed by atoms with Crippen molar-refractivity contribution < 1.29 is 9.18 Å². The smallest absolute Gasteiger partial charge is 0.249 e. The van der Waals surface area contributed by atoms with E-state index in [9.17, 15) is 9.18 Å². The Kier molecular flexibility index (Phi) is 4.58. The molecule has 0 aliphatic carbocycles. The highest BCUT2D eigenvalue weighted by Gasteiger charge is 2.08. The lowest BCUT2D eigenvalue weighted by Gasteiger charge is -2.05. The molecule has 0 saturated heterocycles. The second-order valence-electron chi connectivity index (χ2n) is 4.20. The zero-order valence-corrected chi connectivity index (χ0v) is 11.8. The first-order valence-corrected chi connectivity index (χ1v) is 7.24. The van der Waals surface area contributed by atoms with Gasteiger partial charge in [0.15, 0.2) is 0 Å². The number of nitrogens with two attached hydrogens (primary N) is 1. The summed E-state index contributed by atoms with van der Waals surface area (Å²) in [6, 6.07) is 13.5. The van der Waals surface area contributed by atoms with E-state index < -0.39 is 5.91 Å². The van der Waals surface area contributed by atoms with Crippen molar-refractivity contribution in [3.05, 3.63) is 65.5 Å². The Morgan fingerprint density at radius 3 is 2.20 bits per heavy atom. The molecule has 2 aromatic carbocycles. The van der Waals surface area contributed by atoms with Crippen molar-refractivity contribution in [3.8, 4) is 0 Å². The second-order valence-corrected chi connectivity index (χ2v) is 5.08. The number of amides is 1. The van der Waals surface area contributed by atoms with E-state index in [0.717, 1.165) is 10.5 Å². The number of hydrogen-bond acceptors (Lipinski definition) is 2. The van der Waals surface area contributed by atoms with Crippen molar-refractivity contribution >= 4 is 29.3 Å². The molecule has 2 aromatic rings. The van der Waals surface area contributed by atoms with Gasteiger partial charge in [0, 0.05) is 10.5 Å². The molecule has 0 radical (unpaired) electrons. The molecule has 0 aliphatic heterocycles. The molecule has 1 amide bonds. The third-order valence-corrected chi connectivity index (χ3v) is 3.59. The molecule has 0 fully saturated rings. The van der Waals surface area contributed by atoms with Crippen LogP contribution in [0.2, 0.25) is 0 Å². The lowest BCUT2D eigenvalue weighted by Crippen LogP contribution is -2.12. The van der Waals surface area contributed by atoms with E-state index in [1.807, 2.05) is 30.5 Å². The van der Waals surface area contributed by atoms with Gasteiger partial charge < -0.3 is 5.73 Å². The second kappa shape index (κ2) is 6.39. The third-order valence-electron chi connectivity index (χ3n) is 2.85. The Balaban J connectivity index is 2.39.